The van der Waals surface area contributed by atoms with Gasteiger partial charge in [0.15, 0.2) is 0 Å². The second-order valence-electron chi connectivity index (χ2n) is 3.63. The summed E-state index contributed by atoms with van der Waals surface area (Å²) in [5.41, 5.74) is 0.495. The van der Waals surface area contributed by atoms with Crippen LogP contribution in [0.5, 0.6) is 0 Å². The minimum atomic E-state index is -3.67. The lowest BCUT2D eigenvalue weighted by atomic mass is 10.4. The van der Waals surface area contributed by atoms with Gasteiger partial charge in [0.05, 0.1) is 10.6 Å². The van der Waals surface area contributed by atoms with Gasteiger partial charge in [-0.3, -0.25) is 9.29 Å². The number of rotatable bonds is 3. The number of sulfonamides is 1. The van der Waals surface area contributed by atoms with Crippen molar-refractivity contribution in [3.05, 3.63) is 54.6 Å². The number of halogens is 1. The van der Waals surface area contributed by atoms with Crippen molar-refractivity contribution in [1.82, 2.24) is 4.98 Å². The molecule has 94 valence electrons. The molecule has 4 nitrogen and oxygen atoms in total. The van der Waals surface area contributed by atoms with Crippen LogP contribution in [-0.4, -0.2) is 20.4 Å². The van der Waals surface area contributed by atoms with Crippen LogP contribution in [0.25, 0.3) is 0 Å². The number of hydrogen-bond donors (Lipinski definition) is 0. The van der Waals surface area contributed by atoms with Crippen LogP contribution in [0.3, 0.4) is 0 Å². The van der Waals surface area contributed by atoms with E-state index in [0.717, 1.165) is 16.4 Å². The zero-order chi connectivity index (χ0) is 13.2. The molecule has 0 aliphatic carbocycles. The Morgan fingerprint density at radius 2 is 1.61 bits per heavy atom. The Kier molecular flexibility index (Phi) is 3.29. The zero-order valence-electron chi connectivity index (χ0n) is 9.62. The smallest absolute Gasteiger partial charge is 0.264 e. The van der Waals surface area contributed by atoms with Crippen molar-refractivity contribution in [3.8, 4) is 0 Å². The Morgan fingerprint density at radius 3 is 2.17 bits per heavy atom. The molecule has 1 heterocycles. The van der Waals surface area contributed by atoms with Crippen molar-refractivity contribution in [2.24, 2.45) is 0 Å². The number of anilines is 1. The molecular formula is C12H11FN2O2S. The molecule has 1 aromatic carbocycles. The van der Waals surface area contributed by atoms with Crippen LogP contribution >= 0.6 is 0 Å². The van der Waals surface area contributed by atoms with E-state index in [1.165, 1.54) is 31.6 Å². The number of benzene rings is 1. The second-order valence-corrected chi connectivity index (χ2v) is 5.60. The van der Waals surface area contributed by atoms with Crippen molar-refractivity contribution in [1.29, 1.82) is 0 Å². The van der Waals surface area contributed by atoms with Crippen LogP contribution in [-0.2, 0) is 10.0 Å². The molecule has 0 saturated carbocycles. The van der Waals surface area contributed by atoms with Crippen LogP contribution < -0.4 is 4.31 Å². The molecule has 0 aliphatic heterocycles. The van der Waals surface area contributed by atoms with Crippen LogP contribution in [0.4, 0.5) is 10.1 Å². The van der Waals surface area contributed by atoms with E-state index in [1.54, 1.807) is 12.1 Å². The molecule has 0 unspecified atom stereocenters. The van der Waals surface area contributed by atoms with Gasteiger partial charge in [0, 0.05) is 19.4 Å². The summed E-state index contributed by atoms with van der Waals surface area (Å²) in [7, 11) is -2.23. The fourth-order valence-electron chi connectivity index (χ4n) is 1.46. The first kappa shape index (κ1) is 12.5. The highest BCUT2D eigenvalue weighted by atomic mass is 32.2. The van der Waals surface area contributed by atoms with Gasteiger partial charge in [-0.05, 0) is 36.4 Å². The van der Waals surface area contributed by atoms with Gasteiger partial charge in [0.25, 0.3) is 10.0 Å². The van der Waals surface area contributed by atoms with Gasteiger partial charge in [-0.15, -0.1) is 0 Å². The van der Waals surface area contributed by atoms with Crippen LogP contribution in [0.2, 0.25) is 0 Å². The third-order valence-electron chi connectivity index (χ3n) is 2.50. The number of aromatic nitrogens is 1. The Morgan fingerprint density at radius 1 is 1.06 bits per heavy atom. The predicted octanol–water partition coefficient (Wildman–Crippen LogP) is 2.05. The maximum atomic E-state index is 12.8. The van der Waals surface area contributed by atoms with Crippen molar-refractivity contribution < 1.29 is 12.8 Å². The average molecular weight is 266 g/mol. The van der Waals surface area contributed by atoms with E-state index in [-0.39, 0.29) is 4.90 Å². The van der Waals surface area contributed by atoms with Crippen molar-refractivity contribution in [2.75, 3.05) is 11.4 Å². The third-order valence-corrected chi connectivity index (χ3v) is 4.30. The minimum absolute atomic E-state index is 0.0446. The standard InChI is InChI=1S/C12H11FN2O2S/c1-15(11-6-8-14-9-7-11)18(16,17)12-4-2-10(13)3-5-12/h2-9H,1H3. The molecule has 0 spiro atoms. The molecule has 0 fully saturated rings. The quantitative estimate of drug-likeness (QED) is 0.854. The Labute approximate surface area is 105 Å². The average Bonchev–Trinajstić information content (AvgIpc) is 2.39. The predicted molar refractivity (Wildman–Crippen MR) is 66.2 cm³/mol. The summed E-state index contributed by atoms with van der Waals surface area (Å²) in [4.78, 5) is 3.87. The maximum Gasteiger partial charge on any atom is 0.264 e. The monoisotopic (exact) mass is 266 g/mol. The first-order chi connectivity index (χ1) is 8.51. The Balaban J connectivity index is 2.40. The fourth-order valence-corrected chi connectivity index (χ4v) is 2.65. The lowest BCUT2D eigenvalue weighted by Gasteiger charge is -2.19. The molecule has 0 atom stereocenters. The highest BCUT2D eigenvalue weighted by Crippen LogP contribution is 2.21. The fraction of sp³-hybridized carbons (Fsp3) is 0.0833. The van der Waals surface area contributed by atoms with Gasteiger partial charge in [-0.1, -0.05) is 0 Å². The summed E-state index contributed by atoms with van der Waals surface area (Å²) in [5.74, 6) is -0.472. The molecule has 0 saturated heterocycles. The number of nitrogens with zero attached hydrogens (tertiary/aromatic N) is 2. The zero-order valence-corrected chi connectivity index (χ0v) is 10.4. The molecule has 0 aliphatic rings. The van der Waals surface area contributed by atoms with E-state index in [2.05, 4.69) is 4.98 Å². The van der Waals surface area contributed by atoms with Gasteiger partial charge in [-0.2, -0.15) is 0 Å². The van der Waals surface area contributed by atoms with Gasteiger partial charge in [0.1, 0.15) is 5.82 Å². The molecule has 0 radical (unpaired) electrons. The van der Waals surface area contributed by atoms with Crippen molar-refractivity contribution in [3.63, 3.8) is 0 Å². The molecule has 2 rings (SSSR count). The summed E-state index contributed by atoms with van der Waals surface area (Å²) in [6.45, 7) is 0. The summed E-state index contributed by atoms with van der Waals surface area (Å²) in [6, 6.07) is 7.88. The van der Waals surface area contributed by atoms with Gasteiger partial charge < -0.3 is 0 Å². The molecule has 0 amide bonds. The lowest BCUT2D eigenvalue weighted by molar-refractivity contribution is 0.593. The first-order valence-corrected chi connectivity index (χ1v) is 6.60. The summed E-state index contributed by atoms with van der Waals surface area (Å²) in [6.07, 6.45) is 3.01. The van der Waals surface area contributed by atoms with Gasteiger partial charge in [0.2, 0.25) is 0 Å². The molecule has 2 aromatic rings. The maximum absolute atomic E-state index is 12.8. The Bertz CT molecular complexity index is 627. The molecule has 0 bridgehead atoms. The van der Waals surface area contributed by atoms with Crippen LogP contribution in [0, 0.1) is 5.82 Å². The van der Waals surface area contributed by atoms with E-state index < -0.39 is 15.8 Å². The summed E-state index contributed by atoms with van der Waals surface area (Å²) < 4.78 is 38.4. The topological polar surface area (TPSA) is 50.3 Å². The van der Waals surface area contributed by atoms with E-state index >= 15 is 0 Å². The largest absolute Gasteiger partial charge is 0.269 e. The summed E-state index contributed by atoms with van der Waals surface area (Å²) in [5, 5.41) is 0. The molecule has 6 heteroatoms. The molecule has 18 heavy (non-hydrogen) atoms. The van der Waals surface area contributed by atoms with Crippen molar-refractivity contribution >= 4 is 15.7 Å². The van der Waals surface area contributed by atoms with E-state index in [9.17, 15) is 12.8 Å². The summed E-state index contributed by atoms with van der Waals surface area (Å²) >= 11 is 0. The lowest BCUT2D eigenvalue weighted by Crippen LogP contribution is -2.26. The van der Waals surface area contributed by atoms with E-state index in [4.69, 9.17) is 0 Å². The molecule has 1 aromatic heterocycles. The normalized spacial score (nSPS) is 11.2. The number of pyridine rings is 1. The van der Waals surface area contributed by atoms with E-state index in [0.29, 0.717) is 5.69 Å². The highest BCUT2D eigenvalue weighted by molar-refractivity contribution is 7.92. The SMILES string of the molecule is CN(c1ccncc1)S(=O)(=O)c1ccc(F)cc1. The molecule has 0 N–H and O–H groups in total. The van der Waals surface area contributed by atoms with Crippen LogP contribution in [0.1, 0.15) is 0 Å². The van der Waals surface area contributed by atoms with Gasteiger partial charge >= 0.3 is 0 Å². The van der Waals surface area contributed by atoms with Crippen LogP contribution in [0.15, 0.2) is 53.7 Å². The van der Waals surface area contributed by atoms with Gasteiger partial charge in [-0.25, -0.2) is 12.8 Å². The number of hydrogen-bond acceptors (Lipinski definition) is 3. The third kappa shape index (κ3) is 2.33. The Hall–Kier alpha value is -1.95. The minimum Gasteiger partial charge on any atom is -0.269 e. The second kappa shape index (κ2) is 4.73. The van der Waals surface area contributed by atoms with E-state index in [1.807, 2.05) is 0 Å². The first-order valence-electron chi connectivity index (χ1n) is 5.16. The van der Waals surface area contributed by atoms with Crippen molar-refractivity contribution in [2.45, 2.75) is 4.90 Å². The highest BCUT2D eigenvalue weighted by Gasteiger charge is 2.20. The molecular weight excluding hydrogens is 255 g/mol.